The van der Waals surface area contributed by atoms with Crippen molar-refractivity contribution >= 4 is 43.0 Å². The number of rotatable bonds is 3. The van der Waals surface area contributed by atoms with Crippen LogP contribution in [-0.2, 0) is 6.54 Å². The van der Waals surface area contributed by atoms with Gasteiger partial charge in [0.25, 0.3) is 0 Å². The minimum Gasteiger partial charge on any atom is -0.381 e. The Hall–Kier alpha value is -1.32. The predicted molar refractivity (Wildman–Crippen MR) is 83.3 cm³/mol. The molecule has 90 valence electrons. The van der Waals surface area contributed by atoms with Crippen molar-refractivity contribution in [1.82, 2.24) is 0 Å². The van der Waals surface area contributed by atoms with Crippen LogP contribution in [0.3, 0.4) is 0 Å². The van der Waals surface area contributed by atoms with E-state index in [-0.39, 0.29) is 0 Å². The summed E-state index contributed by atoms with van der Waals surface area (Å²) < 4.78 is 2.45. The van der Waals surface area contributed by atoms with Crippen LogP contribution in [0.1, 0.15) is 5.56 Å². The van der Waals surface area contributed by atoms with Crippen LogP contribution in [0.5, 0.6) is 0 Å². The molecule has 0 aliphatic carbocycles. The van der Waals surface area contributed by atoms with Gasteiger partial charge in [-0.1, -0.05) is 28.1 Å². The number of hydrogen-bond acceptors (Lipinski definition) is 2. The van der Waals surface area contributed by atoms with Gasteiger partial charge in [-0.25, -0.2) is 0 Å². The van der Waals surface area contributed by atoms with Gasteiger partial charge in [-0.3, -0.25) is 0 Å². The molecule has 0 saturated heterocycles. The fourth-order valence-electron chi connectivity index (χ4n) is 1.88. The molecule has 0 saturated carbocycles. The lowest BCUT2D eigenvalue weighted by Crippen LogP contribution is -1.98. The van der Waals surface area contributed by atoms with Crippen LogP contribution in [-0.4, -0.2) is 0 Å². The molecule has 0 unspecified atom stereocenters. The van der Waals surface area contributed by atoms with E-state index >= 15 is 0 Å². The maximum atomic E-state index is 3.45. The zero-order valence-corrected chi connectivity index (χ0v) is 12.1. The van der Waals surface area contributed by atoms with Crippen molar-refractivity contribution in [2.75, 3.05) is 5.32 Å². The summed E-state index contributed by atoms with van der Waals surface area (Å²) in [5, 5.41) is 6.89. The van der Waals surface area contributed by atoms with Crippen LogP contribution >= 0.6 is 27.3 Å². The largest absolute Gasteiger partial charge is 0.381 e. The second-order valence-corrected chi connectivity index (χ2v) is 6.02. The summed E-state index contributed by atoms with van der Waals surface area (Å²) >= 11 is 5.22. The molecule has 0 atom stereocenters. The van der Waals surface area contributed by atoms with E-state index in [0.717, 1.165) is 11.0 Å². The summed E-state index contributed by atoms with van der Waals surface area (Å²) in [5.74, 6) is 0. The molecule has 2 aromatic carbocycles. The number of thiophene rings is 1. The van der Waals surface area contributed by atoms with Gasteiger partial charge >= 0.3 is 0 Å². The number of nitrogens with one attached hydrogen (secondary N) is 1. The Balaban J connectivity index is 1.74. The number of anilines is 1. The van der Waals surface area contributed by atoms with E-state index in [4.69, 9.17) is 0 Å². The first-order valence-corrected chi connectivity index (χ1v) is 7.44. The minimum absolute atomic E-state index is 0.850. The first kappa shape index (κ1) is 11.8. The molecule has 3 aromatic rings. The monoisotopic (exact) mass is 317 g/mol. The highest BCUT2D eigenvalue weighted by Crippen LogP contribution is 2.24. The lowest BCUT2D eigenvalue weighted by Gasteiger charge is -2.06. The third-order valence-corrected chi connectivity index (χ3v) is 4.29. The molecule has 0 radical (unpaired) electrons. The Morgan fingerprint density at radius 1 is 1.00 bits per heavy atom. The number of halogens is 1. The topological polar surface area (TPSA) is 12.0 Å². The molecule has 0 fully saturated rings. The SMILES string of the molecule is Brc1ccc(CNc2ccc3sccc3c2)cc1. The standard InChI is InChI=1S/C15H12BrNS/c16-13-3-1-11(2-4-13)10-17-14-5-6-15-12(9-14)7-8-18-15/h1-9,17H,10H2. The van der Waals surface area contributed by atoms with Crippen molar-refractivity contribution in [3.8, 4) is 0 Å². The van der Waals surface area contributed by atoms with Crippen LogP contribution in [0.25, 0.3) is 10.1 Å². The molecule has 0 aliphatic rings. The third-order valence-electron chi connectivity index (χ3n) is 2.86. The Bertz CT molecular complexity index is 658. The molecule has 3 rings (SSSR count). The van der Waals surface area contributed by atoms with E-state index in [1.54, 1.807) is 11.3 Å². The van der Waals surface area contributed by atoms with E-state index in [0.29, 0.717) is 0 Å². The van der Waals surface area contributed by atoms with Crippen molar-refractivity contribution in [2.45, 2.75) is 6.54 Å². The predicted octanol–water partition coefficient (Wildman–Crippen LogP) is 5.28. The lowest BCUT2D eigenvalue weighted by molar-refractivity contribution is 1.15. The second kappa shape index (κ2) is 5.12. The van der Waals surface area contributed by atoms with Gasteiger partial charge in [0.2, 0.25) is 0 Å². The number of hydrogen-bond donors (Lipinski definition) is 1. The lowest BCUT2D eigenvalue weighted by atomic mass is 10.2. The highest BCUT2D eigenvalue weighted by Gasteiger charge is 1.98. The van der Waals surface area contributed by atoms with Crippen molar-refractivity contribution in [3.63, 3.8) is 0 Å². The highest BCUT2D eigenvalue weighted by molar-refractivity contribution is 9.10. The van der Waals surface area contributed by atoms with E-state index in [2.05, 4.69) is 75.2 Å². The Morgan fingerprint density at radius 2 is 1.83 bits per heavy atom. The molecule has 0 amide bonds. The van der Waals surface area contributed by atoms with Crippen LogP contribution in [0.4, 0.5) is 5.69 Å². The van der Waals surface area contributed by atoms with Crippen LogP contribution in [0.15, 0.2) is 58.4 Å². The van der Waals surface area contributed by atoms with Crippen molar-refractivity contribution in [3.05, 3.63) is 63.9 Å². The molecule has 0 bridgehead atoms. The third kappa shape index (κ3) is 2.57. The number of benzene rings is 2. The van der Waals surface area contributed by atoms with Crippen molar-refractivity contribution in [2.24, 2.45) is 0 Å². The Labute approximate surface area is 119 Å². The molecule has 1 heterocycles. The Morgan fingerprint density at radius 3 is 2.67 bits per heavy atom. The summed E-state index contributed by atoms with van der Waals surface area (Å²) in [6, 6.07) is 17.1. The summed E-state index contributed by atoms with van der Waals surface area (Å²) in [4.78, 5) is 0. The molecule has 18 heavy (non-hydrogen) atoms. The van der Waals surface area contributed by atoms with Gasteiger partial charge < -0.3 is 5.32 Å². The van der Waals surface area contributed by atoms with Gasteiger partial charge in [0, 0.05) is 21.4 Å². The van der Waals surface area contributed by atoms with Crippen molar-refractivity contribution in [1.29, 1.82) is 0 Å². The fraction of sp³-hybridized carbons (Fsp3) is 0.0667. The minimum atomic E-state index is 0.850. The molecule has 0 aliphatic heterocycles. The Kier molecular flexibility index (Phi) is 3.35. The first-order valence-electron chi connectivity index (χ1n) is 5.77. The van der Waals surface area contributed by atoms with E-state index in [9.17, 15) is 0 Å². The fourth-order valence-corrected chi connectivity index (χ4v) is 2.92. The summed E-state index contributed by atoms with van der Waals surface area (Å²) in [5.41, 5.74) is 2.45. The van der Waals surface area contributed by atoms with Gasteiger partial charge in [-0.2, -0.15) is 0 Å². The first-order chi connectivity index (χ1) is 8.81. The molecule has 1 N–H and O–H groups in total. The number of fused-ring (bicyclic) bond motifs is 1. The highest BCUT2D eigenvalue weighted by atomic mass is 79.9. The van der Waals surface area contributed by atoms with Crippen molar-refractivity contribution < 1.29 is 0 Å². The van der Waals surface area contributed by atoms with Gasteiger partial charge in [0.15, 0.2) is 0 Å². The maximum Gasteiger partial charge on any atom is 0.0400 e. The molecule has 3 heteroatoms. The summed E-state index contributed by atoms with van der Waals surface area (Å²) in [7, 11) is 0. The van der Waals surface area contributed by atoms with Gasteiger partial charge in [-0.15, -0.1) is 11.3 Å². The van der Waals surface area contributed by atoms with Crippen LogP contribution in [0, 0.1) is 0 Å². The van der Waals surface area contributed by atoms with Gasteiger partial charge in [-0.05, 0) is 52.7 Å². The summed E-state index contributed by atoms with van der Waals surface area (Å²) in [6.45, 7) is 0.850. The molecule has 1 aromatic heterocycles. The maximum absolute atomic E-state index is 3.45. The average molecular weight is 318 g/mol. The molecule has 1 nitrogen and oxygen atoms in total. The smallest absolute Gasteiger partial charge is 0.0400 e. The quantitative estimate of drug-likeness (QED) is 0.693. The van der Waals surface area contributed by atoms with Crippen LogP contribution in [0.2, 0.25) is 0 Å². The summed E-state index contributed by atoms with van der Waals surface area (Å²) in [6.07, 6.45) is 0. The van der Waals surface area contributed by atoms with E-state index in [1.807, 2.05) is 0 Å². The molecule has 0 spiro atoms. The van der Waals surface area contributed by atoms with E-state index in [1.165, 1.54) is 21.3 Å². The zero-order valence-electron chi connectivity index (χ0n) is 9.69. The average Bonchev–Trinajstić information content (AvgIpc) is 2.85. The molecular weight excluding hydrogens is 306 g/mol. The second-order valence-electron chi connectivity index (χ2n) is 4.15. The zero-order chi connectivity index (χ0) is 12.4. The van der Waals surface area contributed by atoms with E-state index < -0.39 is 0 Å². The normalized spacial score (nSPS) is 10.7. The van der Waals surface area contributed by atoms with Gasteiger partial charge in [0.1, 0.15) is 0 Å². The van der Waals surface area contributed by atoms with Crippen LogP contribution < -0.4 is 5.32 Å². The van der Waals surface area contributed by atoms with Gasteiger partial charge in [0.05, 0.1) is 0 Å². The molecular formula is C15H12BrNS.